The van der Waals surface area contributed by atoms with Crippen LogP contribution < -0.4 is 11.3 Å². The van der Waals surface area contributed by atoms with Gasteiger partial charge in [0.15, 0.2) is 0 Å². The monoisotopic (exact) mass is 366 g/mol. The molecule has 3 heterocycles. The molecule has 0 aromatic carbocycles. The molecule has 5 N–H and O–H groups in total. The van der Waals surface area contributed by atoms with Gasteiger partial charge < -0.3 is 15.8 Å². The minimum absolute atomic E-state index is 0.0211. The van der Waals surface area contributed by atoms with Crippen LogP contribution in [0, 0.1) is 6.92 Å². The van der Waals surface area contributed by atoms with Crippen LogP contribution in [-0.4, -0.2) is 31.7 Å². The van der Waals surface area contributed by atoms with E-state index in [2.05, 4.69) is 25.1 Å². The van der Waals surface area contributed by atoms with E-state index in [1.807, 2.05) is 0 Å². The highest BCUT2D eigenvalue weighted by atomic mass is 19.4. The third-order valence-corrected chi connectivity index (χ3v) is 4.09. The largest absolute Gasteiger partial charge is 0.418 e. The van der Waals surface area contributed by atoms with E-state index in [1.54, 1.807) is 6.92 Å². The van der Waals surface area contributed by atoms with Crippen molar-refractivity contribution >= 4 is 0 Å². The van der Waals surface area contributed by atoms with Crippen LogP contribution in [0.4, 0.5) is 13.2 Å². The van der Waals surface area contributed by atoms with Crippen molar-refractivity contribution in [2.24, 2.45) is 5.73 Å². The van der Waals surface area contributed by atoms with E-state index >= 15 is 0 Å². The highest BCUT2D eigenvalue weighted by molar-refractivity contribution is 5.60. The molecule has 10 heteroatoms. The number of rotatable bonds is 5. The number of nitrogens with zero attached hydrogens (tertiary/aromatic N) is 2. The molecular weight excluding hydrogens is 349 g/mol. The molecule has 0 aliphatic heterocycles. The molecule has 0 aliphatic carbocycles. The molecule has 3 aromatic rings. The Bertz CT molecular complexity index is 969. The highest BCUT2D eigenvalue weighted by Crippen LogP contribution is 2.37. The number of aromatic nitrogens is 5. The molecule has 0 saturated heterocycles. The lowest BCUT2D eigenvalue weighted by Gasteiger charge is -2.12. The van der Waals surface area contributed by atoms with Crippen molar-refractivity contribution in [3.05, 3.63) is 57.2 Å². The number of H-pyrrole nitrogens is 3. The van der Waals surface area contributed by atoms with Crippen molar-refractivity contribution in [2.45, 2.75) is 25.9 Å². The summed E-state index contributed by atoms with van der Waals surface area (Å²) in [6.07, 6.45) is -0.395. The number of hydrogen-bond donors (Lipinski definition) is 4. The first-order chi connectivity index (χ1) is 12.3. The quantitative estimate of drug-likeness (QED) is 0.552. The summed E-state index contributed by atoms with van der Waals surface area (Å²) in [5, 5.41) is 4.92. The van der Waals surface area contributed by atoms with Gasteiger partial charge in [-0.1, -0.05) is 0 Å². The van der Waals surface area contributed by atoms with E-state index in [1.165, 1.54) is 18.6 Å². The second kappa shape index (κ2) is 6.79. The first kappa shape index (κ1) is 17.9. The summed E-state index contributed by atoms with van der Waals surface area (Å²) in [4.78, 5) is 22.9. The minimum atomic E-state index is -4.53. The van der Waals surface area contributed by atoms with Crippen LogP contribution in [0.1, 0.15) is 28.2 Å². The lowest BCUT2D eigenvalue weighted by molar-refractivity contribution is -0.138. The zero-order chi connectivity index (χ0) is 18.9. The molecule has 0 radical (unpaired) electrons. The van der Waals surface area contributed by atoms with Gasteiger partial charge in [-0.25, -0.2) is 0 Å². The Hall–Kier alpha value is -2.88. The van der Waals surface area contributed by atoms with E-state index in [9.17, 15) is 18.0 Å². The summed E-state index contributed by atoms with van der Waals surface area (Å²) >= 11 is 0. The van der Waals surface area contributed by atoms with Crippen LogP contribution >= 0.6 is 0 Å². The van der Waals surface area contributed by atoms with E-state index in [4.69, 9.17) is 5.73 Å². The average molecular weight is 366 g/mol. The van der Waals surface area contributed by atoms with Gasteiger partial charge in [-0.05, 0) is 25.5 Å². The van der Waals surface area contributed by atoms with E-state index in [0.717, 1.165) is 0 Å². The molecule has 0 amide bonds. The molecule has 0 saturated carbocycles. The number of hydrogen-bond acceptors (Lipinski definition) is 4. The Labute approximate surface area is 145 Å². The van der Waals surface area contributed by atoms with E-state index < -0.39 is 17.3 Å². The van der Waals surface area contributed by atoms with Crippen LogP contribution in [0.25, 0.3) is 11.3 Å². The second-order valence-electron chi connectivity index (χ2n) is 5.80. The molecule has 0 spiro atoms. The van der Waals surface area contributed by atoms with E-state index in [0.29, 0.717) is 5.69 Å². The maximum atomic E-state index is 13.6. The third kappa shape index (κ3) is 3.27. The topological polar surface area (TPSA) is 116 Å². The normalized spacial score (nSPS) is 11.9. The lowest BCUT2D eigenvalue weighted by atomic mass is 10.0. The van der Waals surface area contributed by atoms with Crippen molar-refractivity contribution in [3.8, 4) is 11.3 Å². The lowest BCUT2D eigenvalue weighted by Crippen LogP contribution is -2.14. The molecule has 138 valence electrons. The molecular formula is C16H17F3N6O. The van der Waals surface area contributed by atoms with Crippen molar-refractivity contribution in [3.63, 3.8) is 0 Å². The number of nitrogens with one attached hydrogen (secondary N) is 3. The van der Waals surface area contributed by atoms with Gasteiger partial charge in [0.2, 0.25) is 0 Å². The predicted octanol–water partition coefficient (Wildman–Crippen LogP) is 1.91. The van der Waals surface area contributed by atoms with Gasteiger partial charge in [-0.3, -0.25) is 19.9 Å². The number of aromatic amines is 3. The molecule has 0 atom stereocenters. The van der Waals surface area contributed by atoms with Crippen LogP contribution in [0.15, 0.2) is 23.4 Å². The van der Waals surface area contributed by atoms with Crippen molar-refractivity contribution in [1.29, 1.82) is 0 Å². The standard InChI is InChI=1S/C16H17F3N6O/c1-8-9(2-3-20)13(16(17,18)19)11(24-8)6-12-14(22-5-4-21-12)10-7-23-25-15(10)26/h4-5,7,24H,2-3,6,20H2,1H3,(H2,23,25,26). The summed E-state index contributed by atoms with van der Waals surface area (Å²) in [6, 6.07) is 0. The molecule has 0 aliphatic rings. The second-order valence-corrected chi connectivity index (χ2v) is 5.80. The summed E-state index contributed by atoms with van der Waals surface area (Å²) in [5.41, 5.74) is 5.58. The predicted molar refractivity (Wildman–Crippen MR) is 88.5 cm³/mol. The Morgan fingerprint density at radius 2 is 1.96 bits per heavy atom. The van der Waals surface area contributed by atoms with Gasteiger partial charge in [0, 0.05) is 36.4 Å². The highest BCUT2D eigenvalue weighted by Gasteiger charge is 2.38. The Kier molecular flexibility index (Phi) is 4.68. The Morgan fingerprint density at radius 3 is 2.58 bits per heavy atom. The first-order valence-corrected chi connectivity index (χ1v) is 7.86. The fraction of sp³-hybridized carbons (Fsp3) is 0.312. The molecule has 7 nitrogen and oxygen atoms in total. The third-order valence-electron chi connectivity index (χ3n) is 4.09. The zero-order valence-corrected chi connectivity index (χ0v) is 13.9. The van der Waals surface area contributed by atoms with Crippen LogP contribution in [0.3, 0.4) is 0 Å². The summed E-state index contributed by atoms with van der Waals surface area (Å²) in [6.45, 7) is 1.69. The van der Waals surface area contributed by atoms with Crippen molar-refractivity contribution < 1.29 is 13.2 Å². The summed E-state index contributed by atoms with van der Waals surface area (Å²) < 4.78 is 40.9. The number of alkyl halides is 3. The van der Waals surface area contributed by atoms with Crippen molar-refractivity contribution in [1.82, 2.24) is 25.1 Å². The van der Waals surface area contributed by atoms with Gasteiger partial charge in [0.05, 0.1) is 22.5 Å². The molecule has 0 fully saturated rings. The molecule has 26 heavy (non-hydrogen) atoms. The van der Waals surface area contributed by atoms with Crippen LogP contribution in [-0.2, 0) is 19.0 Å². The maximum absolute atomic E-state index is 13.6. The van der Waals surface area contributed by atoms with Gasteiger partial charge in [0.1, 0.15) is 0 Å². The SMILES string of the molecule is Cc1[nH]c(Cc2nccnc2-c2c[nH][nH]c2=O)c(C(F)(F)F)c1CCN. The van der Waals surface area contributed by atoms with Crippen molar-refractivity contribution in [2.75, 3.05) is 6.54 Å². The number of aryl methyl sites for hydroxylation is 1. The van der Waals surface area contributed by atoms with Gasteiger partial charge in [0.25, 0.3) is 5.56 Å². The molecule has 0 bridgehead atoms. The minimum Gasteiger partial charge on any atom is -0.361 e. The summed E-state index contributed by atoms with van der Waals surface area (Å²) in [5.74, 6) is 0. The van der Waals surface area contributed by atoms with E-state index in [-0.39, 0.29) is 47.6 Å². The Morgan fingerprint density at radius 1 is 1.23 bits per heavy atom. The zero-order valence-electron chi connectivity index (χ0n) is 13.9. The fourth-order valence-electron chi connectivity index (χ4n) is 3.04. The molecule has 3 rings (SSSR count). The fourth-order valence-corrected chi connectivity index (χ4v) is 3.04. The van der Waals surface area contributed by atoms with Gasteiger partial charge >= 0.3 is 6.18 Å². The Balaban J connectivity index is 2.10. The smallest absolute Gasteiger partial charge is 0.361 e. The van der Waals surface area contributed by atoms with Gasteiger partial charge in [-0.15, -0.1) is 0 Å². The summed E-state index contributed by atoms with van der Waals surface area (Å²) in [7, 11) is 0. The van der Waals surface area contributed by atoms with Gasteiger partial charge in [-0.2, -0.15) is 13.2 Å². The number of nitrogens with two attached hydrogens (primary N) is 1. The average Bonchev–Trinajstić information content (AvgIpc) is 3.12. The van der Waals surface area contributed by atoms with Crippen LogP contribution in [0.5, 0.6) is 0 Å². The maximum Gasteiger partial charge on any atom is 0.418 e. The van der Waals surface area contributed by atoms with Crippen LogP contribution in [0.2, 0.25) is 0 Å². The molecule has 3 aromatic heterocycles. The molecule has 0 unspecified atom stereocenters. The number of halogens is 3. The first-order valence-electron chi connectivity index (χ1n) is 7.86.